The molecule has 0 radical (unpaired) electrons. The van der Waals surface area contributed by atoms with Crippen LogP contribution in [0.15, 0.2) is 6.07 Å². The van der Waals surface area contributed by atoms with Crippen molar-refractivity contribution in [1.29, 1.82) is 0 Å². The summed E-state index contributed by atoms with van der Waals surface area (Å²) in [6.07, 6.45) is 2.66. The maximum Gasteiger partial charge on any atom is 0.245 e. The highest BCUT2D eigenvalue weighted by molar-refractivity contribution is 5.90. The third-order valence-corrected chi connectivity index (χ3v) is 4.28. The number of hydrogen-bond acceptors (Lipinski definition) is 5. The molecule has 2 aliphatic heterocycles. The van der Waals surface area contributed by atoms with Crippen molar-refractivity contribution in [1.82, 2.24) is 20.2 Å². The summed E-state index contributed by atoms with van der Waals surface area (Å²) in [4.78, 5) is 33.9. The largest absolute Gasteiger partial charge is 0.474 e. The number of carbonyl (C=O) groups excluding carboxylic acids is 2. The first-order valence-electron chi connectivity index (χ1n) is 8.08. The van der Waals surface area contributed by atoms with Gasteiger partial charge in [0.25, 0.3) is 0 Å². The number of nitrogens with zero attached hydrogens (tertiary/aromatic N) is 3. The van der Waals surface area contributed by atoms with E-state index in [2.05, 4.69) is 15.3 Å². The van der Waals surface area contributed by atoms with E-state index in [1.54, 1.807) is 0 Å². The van der Waals surface area contributed by atoms with Gasteiger partial charge in [0, 0.05) is 44.1 Å². The average Bonchev–Trinajstić information content (AvgIpc) is 2.93. The normalized spacial score (nSPS) is 22.1. The van der Waals surface area contributed by atoms with E-state index in [0.717, 1.165) is 18.5 Å². The molecule has 2 fully saturated rings. The van der Waals surface area contributed by atoms with Crippen LogP contribution in [-0.2, 0) is 9.59 Å². The number of nitrogens with one attached hydrogen (secondary N) is 1. The molecule has 0 unspecified atom stereocenters. The Morgan fingerprint density at radius 3 is 2.61 bits per heavy atom. The summed E-state index contributed by atoms with van der Waals surface area (Å²) in [5.41, 5.74) is 0.886. The van der Waals surface area contributed by atoms with E-state index >= 15 is 0 Å². The van der Waals surface area contributed by atoms with E-state index in [1.807, 2.05) is 24.8 Å². The van der Waals surface area contributed by atoms with Crippen LogP contribution < -0.4 is 10.1 Å². The molecule has 1 aromatic heterocycles. The molecular weight excluding hydrogens is 296 g/mol. The first-order valence-corrected chi connectivity index (χ1v) is 8.08. The quantitative estimate of drug-likeness (QED) is 0.888. The van der Waals surface area contributed by atoms with Gasteiger partial charge in [0.1, 0.15) is 18.0 Å². The van der Waals surface area contributed by atoms with Crippen LogP contribution in [-0.4, -0.2) is 51.9 Å². The first kappa shape index (κ1) is 15.7. The van der Waals surface area contributed by atoms with E-state index in [4.69, 9.17) is 4.74 Å². The van der Waals surface area contributed by atoms with Gasteiger partial charge >= 0.3 is 0 Å². The summed E-state index contributed by atoms with van der Waals surface area (Å²) in [7, 11) is 0. The predicted molar refractivity (Wildman–Crippen MR) is 82.9 cm³/mol. The van der Waals surface area contributed by atoms with Gasteiger partial charge in [0.2, 0.25) is 17.7 Å². The zero-order valence-electron chi connectivity index (χ0n) is 13.5. The summed E-state index contributed by atoms with van der Waals surface area (Å²) in [6.45, 7) is 5.06. The molecule has 1 atom stereocenters. The van der Waals surface area contributed by atoms with Gasteiger partial charge in [-0.15, -0.1) is 0 Å². The smallest absolute Gasteiger partial charge is 0.245 e. The molecule has 1 aromatic rings. The van der Waals surface area contributed by atoms with Crippen LogP contribution in [0.25, 0.3) is 0 Å². The second-order valence-corrected chi connectivity index (χ2v) is 6.20. The number of aryl methyl sites for hydroxylation is 2. The maximum atomic E-state index is 12.4. The molecule has 0 aliphatic carbocycles. The molecule has 1 N–H and O–H groups in total. The minimum absolute atomic E-state index is 0.0306. The molecule has 0 aromatic carbocycles. The van der Waals surface area contributed by atoms with Gasteiger partial charge in [-0.1, -0.05) is 0 Å². The van der Waals surface area contributed by atoms with Crippen LogP contribution in [0, 0.1) is 13.8 Å². The van der Waals surface area contributed by atoms with E-state index in [-0.39, 0.29) is 24.0 Å². The van der Waals surface area contributed by atoms with Gasteiger partial charge in [-0.25, -0.2) is 4.98 Å². The van der Waals surface area contributed by atoms with Crippen LogP contribution in [0.1, 0.15) is 37.2 Å². The molecular formula is C16H22N4O3. The van der Waals surface area contributed by atoms with Crippen molar-refractivity contribution in [2.24, 2.45) is 0 Å². The highest BCUT2D eigenvalue weighted by Crippen LogP contribution is 2.20. The van der Waals surface area contributed by atoms with Crippen LogP contribution in [0.2, 0.25) is 0 Å². The fraction of sp³-hybridized carbons (Fsp3) is 0.625. The third-order valence-electron chi connectivity index (χ3n) is 4.28. The van der Waals surface area contributed by atoms with Crippen molar-refractivity contribution in [3.05, 3.63) is 17.6 Å². The van der Waals surface area contributed by atoms with Crippen molar-refractivity contribution in [2.75, 3.05) is 13.1 Å². The number of likely N-dealkylation sites (tertiary alicyclic amines) is 1. The Labute approximate surface area is 135 Å². The Morgan fingerprint density at radius 2 is 2.00 bits per heavy atom. The van der Waals surface area contributed by atoms with Crippen LogP contribution in [0.3, 0.4) is 0 Å². The standard InChI is InChI=1S/C16H22N4O3/c1-10-9-15(18-11(2)17-10)23-12-5-7-20(8-6-12)16(22)13-3-4-14(21)19-13/h9,12-13H,3-8H2,1-2H3,(H,19,21)/t13-/m1/s1. The Balaban J connectivity index is 1.52. The van der Waals surface area contributed by atoms with Crippen LogP contribution in [0.4, 0.5) is 0 Å². The molecule has 7 nitrogen and oxygen atoms in total. The lowest BCUT2D eigenvalue weighted by Crippen LogP contribution is -2.49. The maximum absolute atomic E-state index is 12.4. The van der Waals surface area contributed by atoms with E-state index in [1.165, 1.54) is 0 Å². The minimum Gasteiger partial charge on any atom is -0.474 e. The lowest BCUT2D eigenvalue weighted by atomic mass is 10.1. The van der Waals surface area contributed by atoms with Crippen molar-refractivity contribution < 1.29 is 14.3 Å². The zero-order chi connectivity index (χ0) is 16.4. The first-order chi connectivity index (χ1) is 11.0. The molecule has 0 saturated carbocycles. The summed E-state index contributed by atoms with van der Waals surface area (Å²) in [5, 5.41) is 2.74. The van der Waals surface area contributed by atoms with Crippen molar-refractivity contribution in [3.8, 4) is 5.88 Å². The highest BCUT2D eigenvalue weighted by Gasteiger charge is 2.33. The Morgan fingerprint density at radius 1 is 1.26 bits per heavy atom. The number of carbonyl (C=O) groups is 2. The van der Waals surface area contributed by atoms with Gasteiger partial charge in [0.05, 0.1) is 0 Å². The summed E-state index contributed by atoms with van der Waals surface area (Å²) in [5.74, 6) is 1.30. The molecule has 3 heterocycles. The zero-order valence-corrected chi connectivity index (χ0v) is 13.5. The van der Waals surface area contributed by atoms with Crippen LogP contribution in [0.5, 0.6) is 5.88 Å². The fourth-order valence-electron chi connectivity index (χ4n) is 3.13. The van der Waals surface area contributed by atoms with Gasteiger partial charge in [-0.3, -0.25) is 9.59 Å². The van der Waals surface area contributed by atoms with Crippen LogP contribution >= 0.6 is 0 Å². The van der Waals surface area contributed by atoms with Crippen molar-refractivity contribution in [2.45, 2.75) is 51.7 Å². The monoisotopic (exact) mass is 318 g/mol. The second-order valence-electron chi connectivity index (χ2n) is 6.20. The summed E-state index contributed by atoms with van der Waals surface area (Å²) >= 11 is 0. The molecule has 0 bridgehead atoms. The number of rotatable bonds is 3. The number of hydrogen-bond donors (Lipinski definition) is 1. The topological polar surface area (TPSA) is 84.4 Å². The van der Waals surface area contributed by atoms with Crippen molar-refractivity contribution >= 4 is 11.8 Å². The molecule has 2 amide bonds. The van der Waals surface area contributed by atoms with Gasteiger partial charge in [-0.2, -0.15) is 4.98 Å². The Bertz CT molecular complexity index is 591. The van der Waals surface area contributed by atoms with E-state index < -0.39 is 0 Å². The lowest BCUT2D eigenvalue weighted by Gasteiger charge is -2.33. The molecule has 23 heavy (non-hydrogen) atoms. The molecule has 2 saturated heterocycles. The highest BCUT2D eigenvalue weighted by atomic mass is 16.5. The summed E-state index contributed by atoms with van der Waals surface area (Å²) < 4.78 is 5.93. The van der Waals surface area contributed by atoms with Gasteiger partial charge < -0.3 is 15.0 Å². The Kier molecular flexibility index (Phi) is 4.45. The number of amides is 2. The molecule has 7 heteroatoms. The Hall–Kier alpha value is -2.18. The van der Waals surface area contributed by atoms with Gasteiger partial charge in [-0.05, 0) is 20.3 Å². The average molecular weight is 318 g/mol. The molecule has 0 spiro atoms. The SMILES string of the molecule is Cc1cc(OC2CCN(C(=O)[C@H]3CCC(=O)N3)CC2)nc(C)n1. The number of ether oxygens (including phenoxy) is 1. The predicted octanol–water partition coefficient (Wildman–Crippen LogP) is 0.742. The number of aromatic nitrogens is 2. The fourth-order valence-corrected chi connectivity index (χ4v) is 3.13. The third kappa shape index (κ3) is 3.78. The lowest BCUT2D eigenvalue weighted by molar-refractivity contribution is -0.136. The second kappa shape index (κ2) is 6.52. The minimum atomic E-state index is -0.341. The summed E-state index contributed by atoms with van der Waals surface area (Å²) in [6, 6.07) is 1.49. The molecule has 3 rings (SSSR count). The van der Waals surface area contributed by atoms with Gasteiger partial charge in [0.15, 0.2) is 0 Å². The molecule has 124 valence electrons. The van der Waals surface area contributed by atoms with E-state index in [0.29, 0.717) is 37.6 Å². The number of piperidine rings is 1. The van der Waals surface area contributed by atoms with E-state index in [9.17, 15) is 9.59 Å². The van der Waals surface area contributed by atoms with Crippen molar-refractivity contribution in [3.63, 3.8) is 0 Å². The molecule has 2 aliphatic rings.